The summed E-state index contributed by atoms with van der Waals surface area (Å²) < 4.78 is 0. The number of hydrogen-bond acceptors (Lipinski definition) is 3. The molecule has 0 spiro atoms. The maximum atomic E-state index is 12.5. The van der Waals surface area contributed by atoms with E-state index in [-0.39, 0.29) is 11.5 Å². The molecule has 1 amide bonds. The number of carbonyl (C=O) groups is 1. The molecule has 0 aliphatic heterocycles. The van der Waals surface area contributed by atoms with Gasteiger partial charge >= 0.3 is 0 Å². The molecule has 5 nitrogen and oxygen atoms in total. The van der Waals surface area contributed by atoms with E-state index in [1.54, 1.807) is 17.3 Å². The lowest BCUT2D eigenvalue weighted by atomic mass is 10.0. The Morgan fingerprint density at radius 3 is 2.48 bits per heavy atom. The van der Waals surface area contributed by atoms with Crippen molar-refractivity contribution in [1.82, 2.24) is 14.9 Å². The molecule has 5 heteroatoms. The third-order valence-electron chi connectivity index (χ3n) is 4.04. The number of H-pyrrole nitrogens is 1. The van der Waals surface area contributed by atoms with Gasteiger partial charge in [0, 0.05) is 47.9 Å². The highest BCUT2D eigenvalue weighted by Gasteiger charge is 2.15. The molecule has 0 bridgehead atoms. The van der Waals surface area contributed by atoms with Crippen molar-refractivity contribution in [3.8, 4) is 11.1 Å². The minimum atomic E-state index is -0.0583. The molecule has 1 N–H and O–H groups in total. The summed E-state index contributed by atoms with van der Waals surface area (Å²) >= 11 is 0. The van der Waals surface area contributed by atoms with Crippen molar-refractivity contribution in [2.75, 3.05) is 13.1 Å². The molecule has 2 aromatic rings. The molecule has 0 radical (unpaired) electrons. The highest BCUT2D eigenvalue weighted by atomic mass is 16.2. The fourth-order valence-corrected chi connectivity index (χ4v) is 2.63. The minimum absolute atomic E-state index is 0.0258. The van der Waals surface area contributed by atoms with Gasteiger partial charge in [-0.15, -0.1) is 0 Å². The van der Waals surface area contributed by atoms with Crippen LogP contribution in [-0.4, -0.2) is 33.9 Å². The molecular formula is C18H23N3O2. The number of pyridine rings is 2. The van der Waals surface area contributed by atoms with E-state index in [9.17, 15) is 9.59 Å². The molecule has 122 valence electrons. The number of amides is 1. The van der Waals surface area contributed by atoms with Gasteiger partial charge in [0.1, 0.15) is 0 Å². The summed E-state index contributed by atoms with van der Waals surface area (Å²) in [5.74, 6) is -0.0258. The van der Waals surface area contributed by atoms with Crippen LogP contribution in [0.15, 0.2) is 29.3 Å². The largest absolute Gasteiger partial charge is 0.339 e. The SMILES string of the molecule is CCc1cc(-c2cncc(C(=O)N(CC)CC)c2)c(C)[nH]c1=O. The van der Waals surface area contributed by atoms with Gasteiger partial charge in [0.25, 0.3) is 11.5 Å². The number of rotatable bonds is 5. The maximum Gasteiger partial charge on any atom is 0.255 e. The second-order valence-corrected chi connectivity index (χ2v) is 5.46. The third kappa shape index (κ3) is 3.50. The van der Waals surface area contributed by atoms with Crippen molar-refractivity contribution in [2.24, 2.45) is 0 Å². The van der Waals surface area contributed by atoms with E-state index in [0.717, 1.165) is 22.4 Å². The Morgan fingerprint density at radius 2 is 1.87 bits per heavy atom. The Balaban J connectivity index is 2.48. The van der Waals surface area contributed by atoms with Crippen LogP contribution in [0.5, 0.6) is 0 Å². The monoisotopic (exact) mass is 313 g/mol. The molecule has 23 heavy (non-hydrogen) atoms. The smallest absolute Gasteiger partial charge is 0.255 e. The standard InChI is InChI=1S/C18H23N3O2/c1-5-13-9-16(12(4)20-17(13)22)14-8-15(11-19-10-14)18(23)21(6-2)7-3/h8-11H,5-7H2,1-4H3,(H,20,22). The Morgan fingerprint density at radius 1 is 1.17 bits per heavy atom. The summed E-state index contributed by atoms with van der Waals surface area (Å²) in [5.41, 5.74) is 3.76. The summed E-state index contributed by atoms with van der Waals surface area (Å²) in [6.45, 7) is 9.04. The molecule has 0 saturated carbocycles. The van der Waals surface area contributed by atoms with Crippen LogP contribution >= 0.6 is 0 Å². The van der Waals surface area contributed by atoms with Gasteiger partial charge in [0.2, 0.25) is 0 Å². The van der Waals surface area contributed by atoms with Crippen molar-refractivity contribution in [2.45, 2.75) is 34.1 Å². The first-order valence-corrected chi connectivity index (χ1v) is 7.99. The first kappa shape index (κ1) is 16.9. The van der Waals surface area contributed by atoms with Gasteiger partial charge in [-0.1, -0.05) is 6.92 Å². The normalized spacial score (nSPS) is 10.6. The maximum absolute atomic E-state index is 12.5. The molecule has 2 heterocycles. The van der Waals surface area contributed by atoms with Crippen LogP contribution in [0.4, 0.5) is 0 Å². The number of nitrogens with zero attached hydrogens (tertiary/aromatic N) is 2. The van der Waals surface area contributed by atoms with Crippen LogP contribution in [0.2, 0.25) is 0 Å². The topological polar surface area (TPSA) is 66.1 Å². The molecule has 0 atom stereocenters. The number of aromatic amines is 1. The van der Waals surface area contributed by atoms with E-state index in [2.05, 4.69) is 9.97 Å². The van der Waals surface area contributed by atoms with Crippen molar-refractivity contribution in [1.29, 1.82) is 0 Å². The second kappa shape index (κ2) is 7.22. The molecule has 0 aromatic carbocycles. The van der Waals surface area contributed by atoms with Gasteiger partial charge < -0.3 is 9.88 Å². The lowest BCUT2D eigenvalue weighted by Gasteiger charge is -2.18. The zero-order valence-electron chi connectivity index (χ0n) is 14.1. The van der Waals surface area contributed by atoms with Gasteiger partial charge in [-0.25, -0.2) is 0 Å². The van der Waals surface area contributed by atoms with E-state index in [4.69, 9.17) is 0 Å². The molecule has 0 aliphatic carbocycles. The number of carbonyl (C=O) groups excluding carboxylic acids is 1. The molecule has 0 unspecified atom stereocenters. The van der Waals surface area contributed by atoms with E-state index in [1.165, 1.54) is 0 Å². The van der Waals surface area contributed by atoms with Gasteiger partial charge in [-0.2, -0.15) is 0 Å². The lowest BCUT2D eigenvalue weighted by Crippen LogP contribution is -2.30. The highest BCUT2D eigenvalue weighted by Crippen LogP contribution is 2.22. The fraction of sp³-hybridized carbons (Fsp3) is 0.389. The van der Waals surface area contributed by atoms with Crippen molar-refractivity contribution in [3.05, 3.63) is 51.7 Å². The molecule has 0 aliphatic rings. The second-order valence-electron chi connectivity index (χ2n) is 5.46. The Kier molecular flexibility index (Phi) is 5.32. The predicted molar refractivity (Wildman–Crippen MR) is 91.7 cm³/mol. The van der Waals surface area contributed by atoms with Gasteiger partial charge in [-0.05, 0) is 39.3 Å². The molecular weight excluding hydrogens is 290 g/mol. The molecule has 0 saturated heterocycles. The first-order chi connectivity index (χ1) is 11.0. The number of nitrogens with one attached hydrogen (secondary N) is 1. The van der Waals surface area contributed by atoms with Crippen LogP contribution in [-0.2, 0) is 6.42 Å². The zero-order valence-corrected chi connectivity index (χ0v) is 14.1. The van der Waals surface area contributed by atoms with Crippen molar-refractivity contribution < 1.29 is 4.79 Å². The molecule has 0 fully saturated rings. The van der Waals surface area contributed by atoms with E-state index in [1.807, 2.05) is 39.8 Å². The van der Waals surface area contributed by atoms with Crippen molar-refractivity contribution >= 4 is 5.91 Å². The number of aromatic nitrogens is 2. The third-order valence-corrected chi connectivity index (χ3v) is 4.04. The predicted octanol–water partition coefficient (Wildman–Crippen LogP) is 2.79. The summed E-state index contributed by atoms with van der Waals surface area (Å²) in [5, 5.41) is 0. The van der Waals surface area contributed by atoms with Gasteiger partial charge in [0.15, 0.2) is 0 Å². The number of hydrogen-bond donors (Lipinski definition) is 1. The average Bonchev–Trinajstić information content (AvgIpc) is 2.56. The van der Waals surface area contributed by atoms with E-state index < -0.39 is 0 Å². The van der Waals surface area contributed by atoms with Gasteiger partial charge in [0.05, 0.1) is 5.56 Å². The summed E-state index contributed by atoms with van der Waals surface area (Å²) in [6.07, 6.45) is 3.97. The lowest BCUT2D eigenvalue weighted by molar-refractivity contribution is 0.0772. The summed E-state index contributed by atoms with van der Waals surface area (Å²) in [6, 6.07) is 3.73. The van der Waals surface area contributed by atoms with Crippen LogP contribution in [0.3, 0.4) is 0 Å². The Bertz CT molecular complexity index is 761. The van der Waals surface area contributed by atoms with Crippen LogP contribution in [0, 0.1) is 6.92 Å². The zero-order chi connectivity index (χ0) is 17.0. The van der Waals surface area contributed by atoms with Crippen LogP contribution in [0.1, 0.15) is 42.4 Å². The summed E-state index contributed by atoms with van der Waals surface area (Å²) in [7, 11) is 0. The molecule has 2 aromatic heterocycles. The minimum Gasteiger partial charge on any atom is -0.339 e. The highest BCUT2D eigenvalue weighted by molar-refractivity contribution is 5.95. The number of aryl methyl sites for hydroxylation is 2. The van der Waals surface area contributed by atoms with Crippen LogP contribution < -0.4 is 5.56 Å². The van der Waals surface area contributed by atoms with Crippen molar-refractivity contribution in [3.63, 3.8) is 0 Å². The Labute approximate surface area is 136 Å². The molecule has 2 rings (SSSR count). The van der Waals surface area contributed by atoms with E-state index >= 15 is 0 Å². The quantitative estimate of drug-likeness (QED) is 0.923. The average molecular weight is 313 g/mol. The Hall–Kier alpha value is -2.43. The summed E-state index contributed by atoms with van der Waals surface area (Å²) in [4.78, 5) is 33.2. The van der Waals surface area contributed by atoms with Gasteiger partial charge in [-0.3, -0.25) is 14.6 Å². The van der Waals surface area contributed by atoms with Crippen LogP contribution in [0.25, 0.3) is 11.1 Å². The fourth-order valence-electron chi connectivity index (χ4n) is 2.63. The first-order valence-electron chi connectivity index (χ1n) is 7.99. The van der Waals surface area contributed by atoms with E-state index in [0.29, 0.717) is 25.1 Å².